The van der Waals surface area contributed by atoms with E-state index in [1.54, 1.807) is 36.4 Å². The van der Waals surface area contributed by atoms with Gasteiger partial charge >= 0.3 is 0 Å². The molecule has 6 nitrogen and oxygen atoms in total. The summed E-state index contributed by atoms with van der Waals surface area (Å²) in [5.41, 5.74) is 2.33. The van der Waals surface area contributed by atoms with Crippen molar-refractivity contribution in [3.8, 4) is 0 Å². The Morgan fingerprint density at radius 2 is 1.80 bits per heavy atom. The summed E-state index contributed by atoms with van der Waals surface area (Å²) in [6.07, 6.45) is 0.893. The highest BCUT2D eigenvalue weighted by Crippen LogP contribution is 2.35. The van der Waals surface area contributed by atoms with Gasteiger partial charge in [-0.05, 0) is 42.3 Å². The molecule has 0 aliphatic carbocycles. The predicted octanol–water partition coefficient (Wildman–Crippen LogP) is 3.40. The van der Waals surface area contributed by atoms with Gasteiger partial charge in [0.05, 0.1) is 11.4 Å². The number of benzene rings is 2. The van der Waals surface area contributed by atoms with Crippen LogP contribution in [0.25, 0.3) is 0 Å². The first-order valence-corrected chi connectivity index (χ1v) is 8.40. The lowest BCUT2D eigenvalue weighted by atomic mass is 10.1. The second-order valence-electron chi connectivity index (χ2n) is 5.95. The zero-order chi connectivity index (χ0) is 17.6. The van der Waals surface area contributed by atoms with Crippen LogP contribution < -0.4 is 9.91 Å². The first-order chi connectivity index (χ1) is 12.1. The Morgan fingerprint density at radius 1 is 1.04 bits per heavy atom. The summed E-state index contributed by atoms with van der Waals surface area (Å²) < 4.78 is 0. The van der Waals surface area contributed by atoms with Crippen molar-refractivity contribution in [2.75, 3.05) is 9.91 Å². The second-order valence-corrected chi connectivity index (χ2v) is 6.39. The summed E-state index contributed by atoms with van der Waals surface area (Å²) >= 11 is 6.02. The van der Waals surface area contributed by atoms with Gasteiger partial charge in [0.15, 0.2) is 12.1 Å². The Balaban J connectivity index is 1.68. The monoisotopic (exact) mass is 354 g/mol. The number of hydrogen-bond acceptors (Lipinski definition) is 5. The number of aryl methyl sites for hydroxylation is 1. The van der Waals surface area contributed by atoms with Gasteiger partial charge < -0.3 is 0 Å². The van der Waals surface area contributed by atoms with Crippen LogP contribution in [0.5, 0.6) is 0 Å². The first-order valence-electron chi connectivity index (χ1n) is 8.02. The Bertz CT molecular complexity index is 881. The van der Waals surface area contributed by atoms with Gasteiger partial charge in [-0.3, -0.25) is 9.59 Å². The number of halogens is 1. The molecule has 2 unspecified atom stereocenters. The molecule has 2 atom stereocenters. The van der Waals surface area contributed by atoms with Crippen molar-refractivity contribution in [2.24, 2.45) is 10.3 Å². The fraction of sp³-hybridized carbons (Fsp3) is 0.222. The molecule has 0 radical (unpaired) electrons. The van der Waals surface area contributed by atoms with Gasteiger partial charge in [0.1, 0.15) is 0 Å². The Hall–Kier alpha value is -2.73. The number of nitrogens with zero attached hydrogens (tertiary/aromatic N) is 4. The molecule has 2 aliphatic heterocycles. The van der Waals surface area contributed by atoms with E-state index in [4.69, 9.17) is 11.6 Å². The maximum atomic E-state index is 12.9. The van der Waals surface area contributed by atoms with Crippen molar-refractivity contribution >= 4 is 34.8 Å². The molecule has 25 heavy (non-hydrogen) atoms. The highest BCUT2D eigenvalue weighted by atomic mass is 35.5. The number of anilines is 2. The Labute approximate surface area is 149 Å². The minimum absolute atomic E-state index is 0.329. The molecule has 2 aliphatic rings. The third kappa shape index (κ3) is 2.49. The molecule has 2 aromatic carbocycles. The molecule has 0 saturated carbocycles. The lowest BCUT2D eigenvalue weighted by molar-refractivity contribution is -0.121. The third-order valence-electron chi connectivity index (χ3n) is 4.46. The van der Waals surface area contributed by atoms with Crippen LogP contribution in [-0.4, -0.2) is 23.9 Å². The Kier molecular flexibility index (Phi) is 3.77. The van der Waals surface area contributed by atoms with Crippen LogP contribution in [-0.2, 0) is 16.0 Å². The fourth-order valence-electron chi connectivity index (χ4n) is 3.13. The van der Waals surface area contributed by atoms with E-state index in [1.807, 2.05) is 12.1 Å². The van der Waals surface area contributed by atoms with Crippen LogP contribution in [0.3, 0.4) is 0 Å². The van der Waals surface area contributed by atoms with E-state index in [0.29, 0.717) is 16.4 Å². The average molecular weight is 355 g/mol. The van der Waals surface area contributed by atoms with Crippen molar-refractivity contribution in [3.63, 3.8) is 0 Å². The minimum Gasteiger partial charge on any atom is -0.271 e. The smallest absolute Gasteiger partial charge is 0.263 e. The highest BCUT2D eigenvalue weighted by Gasteiger charge is 2.55. The standard InChI is InChI=1S/C18H15ClN4O2/c1-2-11-6-8-13(9-7-11)22-17(24)15-16(18(22)25)23(21-20-15)14-5-3-4-12(19)10-14/h3-10,15-16H,2H2,1H3. The minimum atomic E-state index is -0.822. The van der Waals surface area contributed by atoms with Crippen molar-refractivity contribution in [2.45, 2.75) is 25.4 Å². The van der Waals surface area contributed by atoms with Crippen LogP contribution in [0.2, 0.25) is 5.02 Å². The van der Waals surface area contributed by atoms with E-state index >= 15 is 0 Å². The number of hydrogen-bond donors (Lipinski definition) is 0. The van der Waals surface area contributed by atoms with Gasteiger partial charge in [0.2, 0.25) is 0 Å². The lowest BCUT2D eigenvalue weighted by Crippen LogP contribution is -2.39. The van der Waals surface area contributed by atoms with Crippen molar-refractivity contribution < 1.29 is 9.59 Å². The van der Waals surface area contributed by atoms with Crippen LogP contribution in [0.1, 0.15) is 12.5 Å². The van der Waals surface area contributed by atoms with Gasteiger partial charge in [-0.2, -0.15) is 5.11 Å². The number of fused-ring (bicyclic) bond motifs is 1. The van der Waals surface area contributed by atoms with Gasteiger partial charge in [-0.1, -0.05) is 41.9 Å². The van der Waals surface area contributed by atoms with Gasteiger partial charge in [-0.25, -0.2) is 9.91 Å². The molecule has 0 bridgehead atoms. The number of imide groups is 1. The van der Waals surface area contributed by atoms with E-state index in [0.717, 1.165) is 12.0 Å². The summed E-state index contributed by atoms with van der Waals surface area (Å²) in [6.45, 7) is 2.05. The molecule has 126 valence electrons. The molecule has 7 heteroatoms. The van der Waals surface area contributed by atoms with Crippen LogP contribution in [0, 0.1) is 0 Å². The normalized spacial score (nSPS) is 22.0. The number of amides is 2. The summed E-state index contributed by atoms with van der Waals surface area (Å²) in [5.74, 6) is -0.684. The second kappa shape index (κ2) is 5.97. The highest BCUT2D eigenvalue weighted by molar-refractivity contribution is 6.31. The molecule has 2 amide bonds. The van der Waals surface area contributed by atoms with E-state index in [1.165, 1.54) is 9.91 Å². The van der Waals surface area contributed by atoms with Crippen LogP contribution in [0.4, 0.5) is 11.4 Å². The molecule has 2 heterocycles. The average Bonchev–Trinajstić information content (AvgIpc) is 3.16. The predicted molar refractivity (Wildman–Crippen MR) is 94.7 cm³/mol. The topological polar surface area (TPSA) is 65.3 Å². The molecule has 4 rings (SSSR count). The number of carbonyl (C=O) groups excluding carboxylic acids is 2. The van der Waals surface area contributed by atoms with E-state index in [2.05, 4.69) is 17.3 Å². The van der Waals surface area contributed by atoms with Crippen LogP contribution >= 0.6 is 11.6 Å². The van der Waals surface area contributed by atoms with Crippen LogP contribution in [0.15, 0.2) is 58.9 Å². The van der Waals surface area contributed by atoms with E-state index < -0.39 is 12.1 Å². The summed E-state index contributed by atoms with van der Waals surface area (Å²) in [5, 5.41) is 10.0. The fourth-order valence-corrected chi connectivity index (χ4v) is 3.31. The molecular weight excluding hydrogens is 340 g/mol. The third-order valence-corrected chi connectivity index (χ3v) is 4.69. The SMILES string of the molecule is CCc1ccc(N2C(=O)C3N=NN(c4cccc(Cl)c4)C3C2=O)cc1. The zero-order valence-electron chi connectivity index (χ0n) is 13.5. The molecule has 1 fully saturated rings. The van der Waals surface area contributed by atoms with Gasteiger partial charge in [0.25, 0.3) is 11.8 Å². The number of rotatable bonds is 3. The van der Waals surface area contributed by atoms with E-state index in [-0.39, 0.29) is 11.8 Å². The quantitative estimate of drug-likeness (QED) is 0.793. The maximum absolute atomic E-state index is 12.9. The lowest BCUT2D eigenvalue weighted by Gasteiger charge is -2.20. The van der Waals surface area contributed by atoms with Gasteiger partial charge in [0, 0.05) is 5.02 Å². The largest absolute Gasteiger partial charge is 0.271 e. The van der Waals surface area contributed by atoms with Gasteiger partial charge in [-0.15, -0.1) is 0 Å². The van der Waals surface area contributed by atoms with E-state index in [9.17, 15) is 9.59 Å². The molecule has 0 aromatic heterocycles. The van der Waals surface area contributed by atoms with Crippen molar-refractivity contribution in [1.29, 1.82) is 0 Å². The number of carbonyl (C=O) groups is 2. The van der Waals surface area contributed by atoms with Crippen molar-refractivity contribution in [3.05, 3.63) is 59.1 Å². The molecule has 1 saturated heterocycles. The molecule has 2 aromatic rings. The Morgan fingerprint density at radius 3 is 2.48 bits per heavy atom. The molecule has 0 spiro atoms. The molecule has 0 N–H and O–H groups in total. The first kappa shape index (κ1) is 15.8. The summed E-state index contributed by atoms with van der Waals surface area (Å²) in [7, 11) is 0. The summed E-state index contributed by atoms with van der Waals surface area (Å²) in [6, 6.07) is 12.8. The molecular formula is C18H15ClN4O2. The maximum Gasteiger partial charge on any atom is 0.263 e. The van der Waals surface area contributed by atoms with Crippen molar-refractivity contribution in [1.82, 2.24) is 0 Å². The zero-order valence-corrected chi connectivity index (χ0v) is 14.2. The summed E-state index contributed by atoms with van der Waals surface area (Å²) in [4.78, 5) is 26.8.